The zero-order chi connectivity index (χ0) is 13.8. The summed E-state index contributed by atoms with van der Waals surface area (Å²) in [6.45, 7) is 6.57. The number of amides is 1. The Labute approximate surface area is 118 Å². The molecule has 5 nitrogen and oxygen atoms in total. The average molecular weight is 283 g/mol. The Hall–Kier alpha value is -0.980. The summed E-state index contributed by atoms with van der Waals surface area (Å²) >= 11 is 1.61. The Morgan fingerprint density at radius 1 is 1.63 bits per heavy atom. The summed E-state index contributed by atoms with van der Waals surface area (Å²) in [5, 5.41) is 6.35. The van der Waals surface area contributed by atoms with E-state index in [9.17, 15) is 4.79 Å². The van der Waals surface area contributed by atoms with Gasteiger partial charge in [0.05, 0.1) is 36.4 Å². The number of carbonyl (C=O) groups excluding carboxylic acids is 1. The van der Waals surface area contributed by atoms with Crippen LogP contribution in [0.15, 0.2) is 5.38 Å². The molecule has 1 N–H and O–H groups in total. The van der Waals surface area contributed by atoms with Crippen molar-refractivity contribution < 1.29 is 9.53 Å². The van der Waals surface area contributed by atoms with E-state index >= 15 is 0 Å². The second kappa shape index (κ2) is 6.45. The van der Waals surface area contributed by atoms with Crippen LogP contribution in [-0.2, 0) is 16.1 Å². The predicted octanol–water partition coefficient (Wildman–Crippen LogP) is 1.03. The Morgan fingerprint density at radius 2 is 2.42 bits per heavy atom. The summed E-state index contributed by atoms with van der Waals surface area (Å²) in [4.78, 5) is 18.6. The molecule has 19 heavy (non-hydrogen) atoms. The van der Waals surface area contributed by atoms with Crippen molar-refractivity contribution in [3.05, 3.63) is 16.1 Å². The van der Waals surface area contributed by atoms with E-state index in [0.29, 0.717) is 19.8 Å². The van der Waals surface area contributed by atoms with Crippen molar-refractivity contribution in [2.45, 2.75) is 26.4 Å². The van der Waals surface area contributed by atoms with Gasteiger partial charge >= 0.3 is 0 Å². The number of rotatable bonds is 5. The number of hydrogen-bond acceptors (Lipinski definition) is 5. The van der Waals surface area contributed by atoms with Gasteiger partial charge in [0.25, 0.3) is 0 Å². The van der Waals surface area contributed by atoms with Crippen LogP contribution in [-0.4, -0.2) is 48.6 Å². The fourth-order valence-electron chi connectivity index (χ4n) is 2.35. The van der Waals surface area contributed by atoms with Crippen molar-refractivity contribution in [3.63, 3.8) is 0 Å². The number of aromatic nitrogens is 1. The number of nitrogens with zero attached hydrogens (tertiary/aromatic N) is 2. The first-order valence-electron chi connectivity index (χ1n) is 6.59. The molecule has 0 bridgehead atoms. The number of carbonyl (C=O) groups is 1. The lowest BCUT2D eigenvalue weighted by molar-refractivity contribution is -0.135. The monoisotopic (exact) mass is 283 g/mol. The van der Waals surface area contributed by atoms with Crippen LogP contribution >= 0.6 is 11.3 Å². The normalized spacial score (nSPS) is 22.7. The molecule has 0 aromatic carbocycles. The molecule has 1 aliphatic heterocycles. The first-order chi connectivity index (χ1) is 9.11. The Bertz CT molecular complexity index is 435. The third kappa shape index (κ3) is 3.52. The van der Waals surface area contributed by atoms with E-state index < -0.39 is 0 Å². The van der Waals surface area contributed by atoms with E-state index in [0.717, 1.165) is 17.2 Å². The third-order valence-electron chi connectivity index (χ3n) is 3.31. The molecule has 0 saturated carbocycles. The van der Waals surface area contributed by atoms with Gasteiger partial charge in [0.2, 0.25) is 5.91 Å². The van der Waals surface area contributed by atoms with Crippen molar-refractivity contribution >= 4 is 17.2 Å². The molecule has 2 heterocycles. The van der Waals surface area contributed by atoms with Crippen molar-refractivity contribution in [1.29, 1.82) is 0 Å². The molecule has 2 unspecified atom stereocenters. The lowest BCUT2D eigenvalue weighted by atomic mass is 10.0. The molecule has 1 amide bonds. The van der Waals surface area contributed by atoms with Crippen LogP contribution in [0.4, 0.5) is 0 Å². The molecule has 0 aliphatic carbocycles. The van der Waals surface area contributed by atoms with Crippen molar-refractivity contribution in [2.75, 3.05) is 26.8 Å². The molecule has 2 atom stereocenters. The fraction of sp³-hybridized carbons (Fsp3) is 0.692. The van der Waals surface area contributed by atoms with E-state index in [1.807, 2.05) is 26.3 Å². The van der Waals surface area contributed by atoms with Crippen LogP contribution < -0.4 is 5.32 Å². The van der Waals surface area contributed by atoms with Crippen molar-refractivity contribution in [1.82, 2.24) is 15.2 Å². The minimum Gasteiger partial charge on any atom is -0.379 e. The van der Waals surface area contributed by atoms with Crippen molar-refractivity contribution in [2.24, 2.45) is 5.92 Å². The van der Waals surface area contributed by atoms with Crippen LogP contribution in [0, 0.1) is 12.8 Å². The zero-order valence-electron chi connectivity index (χ0n) is 11.7. The average Bonchev–Trinajstić information content (AvgIpc) is 2.98. The van der Waals surface area contributed by atoms with Gasteiger partial charge in [0.1, 0.15) is 0 Å². The van der Waals surface area contributed by atoms with E-state index in [-0.39, 0.29) is 17.9 Å². The van der Waals surface area contributed by atoms with Gasteiger partial charge < -0.3 is 15.0 Å². The summed E-state index contributed by atoms with van der Waals surface area (Å²) in [6, 6.07) is 0.136. The molecular formula is C13H21N3O2S. The molecule has 6 heteroatoms. The van der Waals surface area contributed by atoms with Gasteiger partial charge in [-0.15, -0.1) is 11.3 Å². The molecule has 1 aromatic rings. The van der Waals surface area contributed by atoms with E-state index in [2.05, 4.69) is 10.3 Å². The van der Waals surface area contributed by atoms with Gasteiger partial charge in [-0.25, -0.2) is 4.98 Å². The summed E-state index contributed by atoms with van der Waals surface area (Å²) in [5.74, 6) is 0.0544. The van der Waals surface area contributed by atoms with E-state index in [1.165, 1.54) is 0 Å². The number of aryl methyl sites for hydroxylation is 1. The Morgan fingerprint density at radius 3 is 3.05 bits per heavy atom. The molecule has 1 aliphatic rings. The highest BCUT2D eigenvalue weighted by Crippen LogP contribution is 2.18. The number of likely N-dealkylation sites (N-methyl/N-ethyl adjacent to an activating group) is 1. The maximum Gasteiger partial charge on any atom is 0.229 e. The van der Waals surface area contributed by atoms with Crippen LogP contribution in [0.3, 0.4) is 0 Å². The molecule has 0 spiro atoms. The van der Waals surface area contributed by atoms with Gasteiger partial charge in [0.15, 0.2) is 0 Å². The van der Waals surface area contributed by atoms with Gasteiger partial charge in [-0.1, -0.05) is 6.92 Å². The summed E-state index contributed by atoms with van der Waals surface area (Å²) in [6.07, 6.45) is 0. The predicted molar refractivity (Wildman–Crippen MR) is 75.1 cm³/mol. The third-order valence-corrected chi connectivity index (χ3v) is 4.13. The highest BCUT2D eigenvalue weighted by molar-refractivity contribution is 7.09. The van der Waals surface area contributed by atoms with Gasteiger partial charge in [-0.05, 0) is 13.5 Å². The molecule has 2 rings (SSSR count). The second-order valence-corrected chi connectivity index (χ2v) is 5.92. The molecule has 106 valence electrons. The largest absolute Gasteiger partial charge is 0.379 e. The van der Waals surface area contributed by atoms with Crippen LogP contribution in [0.25, 0.3) is 0 Å². The molecular weight excluding hydrogens is 262 g/mol. The van der Waals surface area contributed by atoms with E-state index in [1.54, 1.807) is 16.2 Å². The highest BCUT2D eigenvalue weighted by Gasteiger charge is 2.35. The number of hydrogen-bond donors (Lipinski definition) is 1. The number of nitrogens with one attached hydrogen (secondary N) is 1. The summed E-state index contributed by atoms with van der Waals surface area (Å²) in [7, 11) is 1.83. The first-order valence-corrected chi connectivity index (χ1v) is 7.47. The molecule has 1 saturated heterocycles. The maximum absolute atomic E-state index is 12.4. The molecule has 1 aromatic heterocycles. The number of ether oxygens (including phenoxy) is 1. The Balaban J connectivity index is 1.94. The van der Waals surface area contributed by atoms with E-state index in [4.69, 9.17) is 4.74 Å². The van der Waals surface area contributed by atoms with Gasteiger partial charge in [-0.2, -0.15) is 0 Å². The lowest BCUT2D eigenvalue weighted by Crippen LogP contribution is -2.44. The topological polar surface area (TPSA) is 54.5 Å². The van der Waals surface area contributed by atoms with Crippen molar-refractivity contribution in [3.8, 4) is 0 Å². The fourth-order valence-corrected chi connectivity index (χ4v) is 2.95. The summed E-state index contributed by atoms with van der Waals surface area (Å²) in [5.41, 5.74) is 0.956. The smallest absolute Gasteiger partial charge is 0.229 e. The second-order valence-electron chi connectivity index (χ2n) is 4.86. The molecule has 0 radical (unpaired) electrons. The quantitative estimate of drug-likeness (QED) is 0.877. The van der Waals surface area contributed by atoms with Crippen LogP contribution in [0.5, 0.6) is 0 Å². The lowest BCUT2D eigenvalue weighted by Gasteiger charge is -2.23. The van der Waals surface area contributed by atoms with Crippen LogP contribution in [0.2, 0.25) is 0 Å². The SMILES string of the molecule is CCNC1COCC1C(=O)N(C)Cc1csc(C)n1. The highest BCUT2D eigenvalue weighted by atomic mass is 32.1. The van der Waals surface area contributed by atoms with Crippen LogP contribution in [0.1, 0.15) is 17.6 Å². The Kier molecular flexibility index (Phi) is 4.90. The first kappa shape index (κ1) is 14.4. The number of thiazole rings is 1. The summed E-state index contributed by atoms with van der Waals surface area (Å²) < 4.78 is 5.42. The minimum atomic E-state index is -0.0790. The maximum atomic E-state index is 12.4. The van der Waals surface area contributed by atoms with Gasteiger partial charge in [-0.3, -0.25) is 4.79 Å². The molecule has 1 fully saturated rings. The minimum absolute atomic E-state index is 0.0790. The standard InChI is InChI=1S/C13H21N3O2S/c1-4-14-12-7-18-6-11(12)13(17)16(3)5-10-8-19-9(2)15-10/h8,11-12,14H,4-7H2,1-3H3. The van der Waals surface area contributed by atoms with Gasteiger partial charge in [0, 0.05) is 18.5 Å². The zero-order valence-corrected chi connectivity index (χ0v) is 12.5.